The van der Waals surface area contributed by atoms with Crippen LogP contribution in [0.4, 0.5) is 0 Å². The first-order valence-corrected chi connectivity index (χ1v) is 3.82. The second-order valence-electron chi connectivity index (χ2n) is 2.18. The van der Waals surface area contributed by atoms with Gasteiger partial charge in [0.1, 0.15) is 0 Å². The molecule has 8 heavy (non-hydrogen) atoms. The van der Waals surface area contributed by atoms with Crippen LogP contribution >= 0.6 is 0 Å². The van der Waals surface area contributed by atoms with Crippen LogP contribution in [-0.4, -0.2) is 9.07 Å². The highest BCUT2D eigenvalue weighted by molar-refractivity contribution is 7.66. The fourth-order valence-electron chi connectivity index (χ4n) is 1.03. The second kappa shape index (κ2) is 3.02. The molecule has 0 aromatic carbocycles. The highest BCUT2D eigenvalue weighted by Crippen LogP contribution is 2.12. The van der Waals surface area contributed by atoms with E-state index in [9.17, 15) is 4.21 Å². The summed E-state index contributed by atoms with van der Waals surface area (Å²) in [4.78, 5) is 1.16. The Kier molecular flexibility index (Phi) is 2.27. The molecule has 46 valence electrons. The van der Waals surface area contributed by atoms with Gasteiger partial charge in [0.15, 0.2) is 0 Å². The Hall–Kier alpha value is -0.110. The Balaban J connectivity index is 2.45. The fraction of sp³-hybridized carbons (Fsp3) is 0.833. The van der Waals surface area contributed by atoms with Crippen LogP contribution in [0.25, 0.3) is 0 Å². The molecule has 1 aliphatic rings. The Bertz CT molecular complexity index is 116. The second-order valence-corrected chi connectivity index (χ2v) is 2.93. The first-order chi connectivity index (χ1) is 3.93. The molecule has 1 aliphatic carbocycles. The van der Waals surface area contributed by atoms with E-state index in [0.29, 0.717) is 11.3 Å². The average molecular weight is 130 g/mol. The van der Waals surface area contributed by atoms with Crippen LogP contribution in [0.5, 0.6) is 0 Å². The van der Waals surface area contributed by atoms with E-state index in [4.69, 9.17) is 0 Å². The van der Waals surface area contributed by atoms with E-state index in [1.165, 1.54) is 19.3 Å². The Morgan fingerprint density at radius 2 is 1.75 bits per heavy atom. The minimum absolute atomic E-state index is 0.712. The van der Waals surface area contributed by atoms with E-state index in [-0.39, 0.29) is 0 Å². The monoisotopic (exact) mass is 130 g/mol. The first kappa shape index (κ1) is 6.02. The summed E-state index contributed by atoms with van der Waals surface area (Å²) in [5.74, 6) is 0. The smallest absolute Gasteiger partial charge is 0.0876 e. The quantitative estimate of drug-likeness (QED) is 0.452. The van der Waals surface area contributed by atoms with E-state index >= 15 is 0 Å². The molecule has 1 nitrogen and oxygen atoms in total. The van der Waals surface area contributed by atoms with Gasteiger partial charge in [0, 0.05) is 4.86 Å². The van der Waals surface area contributed by atoms with Gasteiger partial charge < -0.3 is 0 Å². The van der Waals surface area contributed by atoms with Gasteiger partial charge in [0.05, 0.1) is 11.3 Å². The third-order valence-electron chi connectivity index (χ3n) is 1.53. The highest BCUT2D eigenvalue weighted by Gasteiger charge is 2.04. The SMILES string of the molecule is O=S=C1CCCCC1. The number of hydrogen-bond donors (Lipinski definition) is 0. The molecule has 0 N–H and O–H groups in total. The van der Waals surface area contributed by atoms with Crippen molar-refractivity contribution in [2.75, 3.05) is 0 Å². The molecule has 0 aromatic heterocycles. The summed E-state index contributed by atoms with van der Waals surface area (Å²) >= 11 is 0.712. The number of hydrogen-bond acceptors (Lipinski definition) is 1. The van der Waals surface area contributed by atoms with Gasteiger partial charge in [-0.25, -0.2) is 4.21 Å². The molecule has 0 heterocycles. The van der Waals surface area contributed by atoms with E-state index in [0.717, 1.165) is 17.7 Å². The maximum absolute atomic E-state index is 10.2. The summed E-state index contributed by atoms with van der Waals surface area (Å²) in [6.07, 6.45) is 5.96. The maximum Gasteiger partial charge on any atom is 0.0876 e. The summed E-state index contributed by atoms with van der Waals surface area (Å²) in [7, 11) is 0. The van der Waals surface area contributed by atoms with Crippen molar-refractivity contribution in [2.24, 2.45) is 0 Å². The summed E-state index contributed by atoms with van der Waals surface area (Å²) in [6, 6.07) is 0. The van der Waals surface area contributed by atoms with E-state index < -0.39 is 0 Å². The standard InChI is InChI=1S/C6H10OS/c7-8-6-4-2-1-3-5-6/h1-5H2. The van der Waals surface area contributed by atoms with Crippen molar-refractivity contribution < 1.29 is 4.21 Å². The molecular weight excluding hydrogens is 120 g/mol. The van der Waals surface area contributed by atoms with Crippen molar-refractivity contribution in [2.45, 2.75) is 32.1 Å². The zero-order valence-corrected chi connectivity index (χ0v) is 5.67. The average Bonchev–Trinajstić information content (AvgIpc) is 1.90. The van der Waals surface area contributed by atoms with Gasteiger partial charge in [0.2, 0.25) is 0 Å². The van der Waals surface area contributed by atoms with Gasteiger partial charge >= 0.3 is 0 Å². The van der Waals surface area contributed by atoms with Crippen molar-refractivity contribution in [3.05, 3.63) is 0 Å². The molecule has 0 amide bonds. The van der Waals surface area contributed by atoms with Crippen molar-refractivity contribution in [1.82, 2.24) is 0 Å². The van der Waals surface area contributed by atoms with E-state index in [1.54, 1.807) is 0 Å². The molecule has 0 atom stereocenters. The van der Waals surface area contributed by atoms with Crippen molar-refractivity contribution in [1.29, 1.82) is 0 Å². The lowest BCUT2D eigenvalue weighted by molar-refractivity contribution is 0.670. The van der Waals surface area contributed by atoms with Crippen LogP contribution in [0.3, 0.4) is 0 Å². The summed E-state index contributed by atoms with van der Waals surface area (Å²) in [5.41, 5.74) is 0. The fourth-order valence-corrected chi connectivity index (χ4v) is 1.48. The topological polar surface area (TPSA) is 17.1 Å². The van der Waals surface area contributed by atoms with Gasteiger partial charge in [-0.1, -0.05) is 6.42 Å². The minimum atomic E-state index is 0.712. The maximum atomic E-state index is 10.2. The van der Waals surface area contributed by atoms with Crippen LogP contribution in [0.15, 0.2) is 0 Å². The molecule has 2 heteroatoms. The Labute approximate surface area is 53.2 Å². The Morgan fingerprint density at radius 1 is 1.12 bits per heavy atom. The van der Waals surface area contributed by atoms with Gasteiger partial charge in [-0.2, -0.15) is 0 Å². The molecule has 0 aromatic rings. The lowest BCUT2D eigenvalue weighted by Crippen LogP contribution is -2.03. The highest BCUT2D eigenvalue weighted by atomic mass is 32.1. The third-order valence-corrected chi connectivity index (χ3v) is 2.17. The van der Waals surface area contributed by atoms with E-state index in [1.807, 2.05) is 0 Å². The molecule has 1 fully saturated rings. The number of rotatable bonds is 0. The zero-order chi connectivity index (χ0) is 5.82. The van der Waals surface area contributed by atoms with Crippen molar-refractivity contribution in [3.8, 4) is 0 Å². The van der Waals surface area contributed by atoms with Crippen LogP contribution in [0.1, 0.15) is 32.1 Å². The van der Waals surface area contributed by atoms with Crippen molar-refractivity contribution in [3.63, 3.8) is 0 Å². The third kappa shape index (κ3) is 1.44. The molecule has 0 aliphatic heterocycles. The normalized spacial score (nSPS) is 20.8. The summed E-state index contributed by atoms with van der Waals surface area (Å²) in [6.45, 7) is 0. The Morgan fingerprint density at radius 3 is 2.12 bits per heavy atom. The summed E-state index contributed by atoms with van der Waals surface area (Å²) < 4.78 is 10.2. The molecule has 0 spiro atoms. The molecule has 0 saturated heterocycles. The lowest BCUT2D eigenvalue weighted by atomic mass is 10.0. The molecule has 0 radical (unpaired) electrons. The molecule has 0 bridgehead atoms. The van der Waals surface area contributed by atoms with Gasteiger partial charge in [-0.05, 0) is 25.7 Å². The van der Waals surface area contributed by atoms with Crippen LogP contribution < -0.4 is 0 Å². The minimum Gasteiger partial charge on any atom is -0.212 e. The van der Waals surface area contributed by atoms with Crippen LogP contribution in [0.2, 0.25) is 0 Å². The van der Waals surface area contributed by atoms with E-state index in [2.05, 4.69) is 0 Å². The van der Waals surface area contributed by atoms with Crippen LogP contribution in [-0.2, 0) is 11.3 Å². The largest absolute Gasteiger partial charge is 0.212 e. The lowest BCUT2D eigenvalue weighted by Gasteiger charge is -2.07. The summed E-state index contributed by atoms with van der Waals surface area (Å²) in [5, 5.41) is 0. The van der Waals surface area contributed by atoms with Gasteiger partial charge in [0.25, 0.3) is 0 Å². The molecule has 1 saturated carbocycles. The van der Waals surface area contributed by atoms with Gasteiger partial charge in [-0.15, -0.1) is 0 Å². The predicted octanol–water partition coefficient (Wildman–Crippen LogP) is 1.34. The molecule has 0 unspecified atom stereocenters. The molecular formula is C6H10OS. The van der Waals surface area contributed by atoms with Gasteiger partial charge in [-0.3, -0.25) is 0 Å². The first-order valence-electron chi connectivity index (χ1n) is 3.08. The predicted molar refractivity (Wildman–Crippen MR) is 36.2 cm³/mol. The van der Waals surface area contributed by atoms with Crippen molar-refractivity contribution >= 4 is 16.1 Å². The molecule has 1 rings (SSSR count). The zero-order valence-electron chi connectivity index (χ0n) is 4.85. The van der Waals surface area contributed by atoms with Crippen LogP contribution in [0, 0.1) is 0 Å².